The van der Waals surface area contributed by atoms with Crippen LogP contribution in [0.2, 0.25) is 0 Å². The van der Waals surface area contributed by atoms with Crippen LogP contribution in [0, 0.1) is 0 Å². The summed E-state index contributed by atoms with van der Waals surface area (Å²) >= 11 is 0. The molecule has 1 heterocycles. The first-order chi connectivity index (χ1) is 7.13. The summed E-state index contributed by atoms with van der Waals surface area (Å²) in [6, 6.07) is 2.58. The molecule has 0 bridgehead atoms. The van der Waals surface area contributed by atoms with Crippen LogP contribution in [0.15, 0.2) is 17.3 Å². The average Bonchev–Trinajstić information content (AvgIpc) is 2.49. The minimum Gasteiger partial charge on any atom is -0.269 e. The van der Waals surface area contributed by atoms with Gasteiger partial charge in [0.25, 0.3) is 0 Å². The van der Waals surface area contributed by atoms with E-state index in [0.717, 1.165) is 5.03 Å². The van der Waals surface area contributed by atoms with Crippen LogP contribution in [0.4, 0.5) is 0 Å². The SMILES string of the molecule is CC(C)n1ccc(SS(C)(C)C(C)(C)C)n1. The molecule has 4 heteroatoms. The van der Waals surface area contributed by atoms with Crippen LogP contribution in [-0.2, 0) is 0 Å². The lowest BCUT2D eigenvalue weighted by Crippen LogP contribution is -2.20. The van der Waals surface area contributed by atoms with E-state index >= 15 is 0 Å². The molecule has 0 aliphatic rings. The summed E-state index contributed by atoms with van der Waals surface area (Å²) in [7, 11) is 1.22. The molecule has 1 aromatic rings. The van der Waals surface area contributed by atoms with E-state index in [4.69, 9.17) is 0 Å². The maximum absolute atomic E-state index is 4.61. The van der Waals surface area contributed by atoms with Gasteiger partial charge in [-0.2, -0.15) is 14.2 Å². The zero-order valence-electron chi connectivity index (χ0n) is 11.4. The minimum absolute atomic E-state index is 0.347. The quantitative estimate of drug-likeness (QED) is 0.753. The van der Waals surface area contributed by atoms with Gasteiger partial charge in [0.2, 0.25) is 0 Å². The normalized spacial score (nSPS) is 14.5. The third kappa shape index (κ3) is 3.20. The van der Waals surface area contributed by atoms with E-state index in [9.17, 15) is 0 Å². The fourth-order valence-corrected chi connectivity index (χ4v) is 4.21. The predicted molar refractivity (Wildman–Crippen MR) is 77.7 cm³/mol. The van der Waals surface area contributed by atoms with E-state index < -0.39 is 9.06 Å². The van der Waals surface area contributed by atoms with Crippen molar-refractivity contribution >= 4 is 19.9 Å². The third-order valence-electron chi connectivity index (χ3n) is 2.88. The largest absolute Gasteiger partial charge is 0.269 e. The van der Waals surface area contributed by atoms with Crippen molar-refractivity contribution in [2.45, 2.75) is 50.4 Å². The van der Waals surface area contributed by atoms with Crippen molar-refractivity contribution in [1.82, 2.24) is 9.78 Å². The Morgan fingerprint density at radius 2 is 1.88 bits per heavy atom. The zero-order valence-corrected chi connectivity index (χ0v) is 13.1. The van der Waals surface area contributed by atoms with Gasteiger partial charge in [-0.15, -0.1) is 0 Å². The second-order valence-corrected chi connectivity index (χ2v) is 12.9. The van der Waals surface area contributed by atoms with Crippen molar-refractivity contribution < 1.29 is 0 Å². The molecule has 0 aliphatic carbocycles. The van der Waals surface area contributed by atoms with Crippen LogP contribution in [0.5, 0.6) is 0 Å². The molecule has 1 aromatic heterocycles. The molecule has 0 N–H and O–H groups in total. The third-order valence-corrected chi connectivity index (χ3v) is 9.90. The van der Waals surface area contributed by atoms with Crippen LogP contribution in [0.3, 0.4) is 0 Å². The summed E-state index contributed by atoms with van der Waals surface area (Å²) < 4.78 is 2.37. The average molecular weight is 260 g/mol. The van der Waals surface area contributed by atoms with E-state index in [1.807, 2.05) is 15.5 Å². The molecule has 0 spiro atoms. The molecule has 0 amide bonds. The Morgan fingerprint density at radius 3 is 2.25 bits per heavy atom. The molecule has 1 rings (SSSR count). The molecule has 0 unspecified atom stereocenters. The summed E-state index contributed by atoms with van der Waals surface area (Å²) in [6.45, 7) is 11.3. The molecule has 0 fully saturated rings. The van der Waals surface area contributed by atoms with Crippen molar-refractivity contribution in [3.05, 3.63) is 12.3 Å². The summed E-state index contributed by atoms with van der Waals surface area (Å²) in [5, 5.41) is 5.77. The minimum atomic E-state index is -0.722. The second-order valence-electron chi connectivity index (χ2n) is 5.66. The maximum Gasteiger partial charge on any atom is 0.127 e. The van der Waals surface area contributed by atoms with E-state index in [-0.39, 0.29) is 0 Å². The monoisotopic (exact) mass is 260 g/mol. The molecule has 0 saturated carbocycles. The zero-order chi connectivity index (χ0) is 12.6. The van der Waals surface area contributed by atoms with Crippen molar-refractivity contribution in [3.8, 4) is 0 Å². The smallest absolute Gasteiger partial charge is 0.127 e. The van der Waals surface area contributed by atoms with E-state index in [0.29, 0.717) is 10.8 Å². The lowest BCUT2D eigenvalue weighted by molar-refractivity contribution is 0.522. The number of nitrogens with zero attached hydrogens (tertiary/aromatic N) is 2. The summed E-state index contributed by atoms with van der Waals surface area (Å²) in [6.07, 6.45) is 6.81. The van der Waals surface area contributed by atoms with Gasteiger partial charge in [0.1, 0.15) is 5.03 Å². The van der Waals surface area contributed by atoms with Gasteiger partial charge in [-0.25, -0.2) is 0 Å². The highest BCUT2D eigenvalue weighted by atomic mass is 33.2. The highest BCUT2D eigenvalue weighted by Gasteiger charge is 2.29. The lowest BCUT2D eigenvalue weighted by Gasteiger charge is -2.42. The fourth-order valence-electron chi connectivity index (χ4n) is 0.991. The summed E-state index contributed by atoms with van der Waals surface area (Å²) in [5.74, 6) is 0. The molecule has 94 valence electrons. The molecular formula is C12H24N2S2. The van der Waals surface area contributed by atoms with Gasteiger partial charge in [0, 0.05) is 12.2 Å². The van der Waals surface area contributed by atoms with E-state index in [1.54, 1.807) is 0 Å². The van der Waals surface area contributed by atoms with Crippen LogP contribution in [0.1, 0.15) is 40.7 Å². The van der Waals surface area contributed by atoms with Crippen molar-refractivity contribution in [1.29, 1.82) is 0 Å². The Labute approximate surface area is 105 Å². The van der Waals surface area contributed by atoms with Gasteiger partial charge in [-0.05, 0) is 37.2 Å². The van der Waals surface area contributed by atoms with Crippen LogP contribution in [-0.4, -0.2) is 27.0 Å². The Morgan fingerprint density at radius 1 is 1.31 bits per heavy atom. The summed E-state index contributed by atoms with van der Waals surface area (Å²) in [5.41, 5.74) is 0. The lowest BCUT2D eigenvalue weighted by atomic mass is 10.3. The van der Waals surface area contributed by atoms with Gasteiger partial charge < -0.3 is 0 Å². The number of hydrogen-bond donors (Lipinski definition) is 0. The Kier molecular flexibility index (Phi) is 4.06. The standard InChI is InChI=1S/C12H24N2S2/c1-10(2)14-9-8-11(13-14)15-16(6,7)12(3,4)5/h8-10H,1-7H3. The number of rotatable bonds is 3. The second kappa shape index (κ2) is 4.65. The molecule has 0 atom stereocenters. The predicted octanol–water partition coefficient (Wildman–Crippen LogP) is 4.33. The first-order valence-corrected chi connectivity index (χ1v) is 9.39. The molecule has 16 heavy (non-hydrogen) atoms. The van der Waals surface area contributed by atoms with Crippen LogP contribution >= 0.6 is 19.9 Å². The molecule has 0 aliphatic heterocycles. The maximum atomic E-state index is 4.61. The summed E-state index contributed by atoms with van der Waals surface area (Å²) in [4.78, 5) is 0. The van der Waals surface area contributed by atoms with Crippen LogP contribution in [0.25, 0.3) is 0 Å². The van der Waals surface area contributed by atoms with Crippen LogP contribution < -0.4 is 0 Å². The van der Waals surface area contributed by atoms with Gasteiger partial charge in [0.15, 0.2) is 0 Å². The molecular weight excluding hydrogens is 236 g/mol. The fraction of sp³-hybridized carbons (Fsp3) is 0.750. The number of hydrogen-bond acceptors (Lipinski definition) is 2. The van der Waals surface area contributed by atoms with Gasteiger partial charge in [-0.1, -0.05) is 31.6 Å². The molecule has 0 saturated heterocycles. The Balaban J connectivity index is 2.81. The Hall–Kier alpha value is -0.0900. The first kappa shape index (κ1) is 14.0. The van der Waals surface area contributed by atoms with Crippen molar-refractivity contribution in [3.63, 3.8) is 0 Å². The van der Waals surface area contributed by atoms with E-state index in [2.05, 4.69) is 64.5 Å². The molecule has 0 radical (unpaired) electrons. The van der Waals surface area contributed by atoms with Gasteiger partial charge in [-0.3, -0.25) is 4.68 Å². The molecule has 2 nitrogen and oxygen atoms in total. The van der Waals surface area contributed by atoms with Crippen molar-refractivity contribution in [2.75, 3.05) is 12.5 Å². The van der Waals surface area contributed by atoms with Gasteiger partial charge >= 0.3 is 0 Å². The van der Waals surface area contributed by atoms with Gasteiger partial charge in [0.05, 0.1) is 0 Å². The first-order valence-electron chi connectivity index (χ1n) is 5.61. The Bertz CT molecular complexity index is 348. The van der Waals surface area contributed by atoms with Crippen molar-refractivity contribution in [2.24, 2.45) is 0 Å². The molecule has 0 aromatic carbocycles. The highest BCUT2D eigenvalue weighted by molar-refractivity contribution is 8.94. The highest BCUT2D eigenvalue weighted by Crippen LogP contribution is 2.65. The topological polar surface area (TPSA) is 17.8 Å². The number of aromatic nitrogens is 2. The van der Waals surface area contributed by atoms with E-state index in [1.165, 1.54) is 0 Å².